The first-order valence-electron chi connectivity index (χ1n) is 20.7. The molecule has 2 unspecified atom stereocenters. The van der Waals surface area contributed by atoms with Crippen LogP contribution in [0.2, 0.25) is 0 Å². The number of rotatable bonds is 14. The third kappa shape index (κ3) is 8.26. The molecule has 0 saturated carbocycles. The highest BCUT2D eigenvalue weighted by Gasteiger charge is 2.54. The summed E-state index contributed by atoms with van der Waals surface area (Å²) in [6.07, 6.45) is 6.58. The van der Waals surface area contributed by atoms with E-state index in [9.17, 15) is 0 Å². The summed E-state index contributed by atoms with van der Waals surface area (Å²) in [5.74, 6) is 0.456. The molecule has 0 aromatic heterocycles. The average molecular weight is 725 g/mol. The van der Waals surface area contributed by atoms with Crippen LogP contribution >= 0.6 is 0 Å². The van der Waals surface area contributed by atoms with Crippen molar-refractivity contribution >= 4 is 0 Å². The maximum absolute atomic E-state index is 8.62. The van der Waals surface area contributed by atoms with Crippen LogP contribution in [-0.4, -0.2) is 49.1 Å². The molecule has 3 heteroatoms. The van der Waals surface area contributed by atoms with Crippen molar-refractivity contribution in [2.45, 2.75) is 49.7 Å². The van der Waals surface area contributed by atoms with Crippen LogP contribution in [0.3, 0.4) is 0 Å². The predicted molar refractivity (Wildman–Crippen MR) is 227 cm³/mol. The molecular weight excluding hydrogens is 669 g/mol. The lowest BCUT2D eigenvalue weighted by atomic mass is 9.68. The van der Waals surface area contributed by atoms with Crippen LogP contribution < -0.4 is 0 Å². The highest BCUT2D eigenvalue weighted by molar-refractivity contribution is 5.43. The number of hydrogen-bond acceptors (Lipinski definition) is 3. The Bertz CT molecular complexity index is 1780. The van der Waals surface area contributed by atoms with Crippen LogP contribution in [0.5, 0.6) is 0 Å². The Morgan fingerprint density at radius 1 is 0.400 bits per heavy atom. The zero-order valence-corrected chi connectivity index (χ0v) is 32.3. The number of ether oxygens (including phenoxy) is 1. The van der Waals surface area contributed by atoms with Gasteiger partial charge in [0.05, 0.1) is 0 Å². The van der Waals surface area contributed by atoms with Gasteiger partial charge in [-0.2, -0.15) is 0 Å². The van der Waals surface area contributed by atoms with Crippen molar-refractivity contribution in [1.29, 1.82) is 0 Å². The van der Waals surface area contributed by atoms with E-state index in [1.165, 1.54) is 33.4 Å². The van der Waals surface area contributed by atoms with Crippen LogP contribution in [0.1, 0.15) is 59.1 Å². The predicted octanol–water partition coefficient (Wildman–Crippen LogP) is 10.8. The van der Waals surface area contributed by atoms with Crippen LogP contribution in [0, 0.1) is 11.8 Å². The second-order valence-electron chi connectivity index (χ2n) is 15.8. The summed E-state index contributed by atoms with van der Waals surface area (Å²) in [5, 5.41) is 0. The van der Waals surface area contributed by atoms with Crippen molar-refractivity contribution in [2.75, 3.05) is 39.3 Å². The number of piperidine rings is 2. The fourth-order valence-electron chi connectivity index (χ4n) is 9.72. The molecule has 8 rings (SSSR count). The van der Waals surface area contributed by atoms with E-state index >= 15 is 0 Å². The minimum atomic E-state index is -0.716. The van der Waals surface area contributed by atoms with E-state index in [4.69, 9.17) is 4.74 Å². The second kappa shape index (κ2) is 17.8. The summed E-state index contributed by atoms with van der Waals surface area (Å²) in [5.41, 5.74) is 6.33. The normalized spacial score (nSPS) is 18.5. The molecule has 0 aliphatic carbocycles. The van der Waals surface area contributed by atoms with E-state index < -0.39 is 11.2 Å². The van der Waals surface area contributed by atoms with E-state index in [1.807, 2.05) is 0 Å². The number of benzene rings is 6. The highest BCUT2D eigenvalue weighted by Crippen LogP contribution is 2.54. The van der Waals surface area contributed by atoms with Gasteiger partial charge in [-0.05, 0) is 85.0 Å². The van der Waals surface area contributed by atoms with Crippen molar-refractivity contribution in [3.05, 3.63) is 215 Å². The lowest BCUT2D eigenvalue weighted by molar-refractivity contribution is -0.192. The Morgan fingerprint density at radius 2 is 0.691 bits per heavy atom. The molecule has 2 aliphatic heterocycles. The topological polar surface area (TPSA) is 15.7 Å². The first-order valence-corrected chi connectivity index (χ1v) is 20.7. The van der Waals surface area contributed by atoms with Gasteiger partial charge in [0.1, 0.15) is 11.2 Å². The van der Waals surface area contributed by atoms with Crippen molar-refractivity contribution in [3.63, 3.8) is 0 Å². The molecule has 0 radical (unpaired) electrons. The van der Waals surface area contributed by atoms with Gasteiger partial charge in [-0.15, -0.1) is 0 Å². The molecule has 3 nitrogen and oxygen atoms in total. The van der Waals surface area contributed by atoms with Crippen LogP contribution in [0.15, 0.2) is 182 Å². The van der Waals surface area contributed by atoms with E-state index in [0.717, 1.165) is 77.8 Å². The number of likely N-dealkylation sites (tertiary alicyclic amines) is 2. The van der Waals surface area contributed by atoms with E-state index in [1.54, 1.807) is 0 Å². The van der Waals surface area contributed by atoms with Crippen molar-refractivity contribution < 1.29 is 4.74 Å². The summed E-state index contributed by atoms with van der Waals surface area (Å²) in [7, 11) is 0. The van der Waals surface area contributed by atoms with Crippen molar-refractivity contribution in [3.8, 4) is 0 Å². The van der Waals surface area contributed by atoms with Gasteiger partial charge in [0.25, 0.3) is 0 Å². The minimum absolute atomic E-state index is 0.228. The summed E-state index contributed by atoms with van der Waals surface area (Å²) in [6, 6.07) is 67.0. The lowest BCUT2D eigenvalue weighted by Gasteiger charge is -2.54. The van der Waals surface area contributed by atoms with Gasteiger partial charge in [-0.1, -0.05) is 182 Å². The Labute approximate surface area is 329 Å². The molecule has 2 heterocycles. The van der Waals surface area contributed by atoms with Crippen LogP contribution in [-0.2, 0) is 28.8 Å². The molecule has 0 amide bonds. The smallest absolute Gasteiger partial charge is 0.124 e. The van der Waals surface area contributed by atoms with Crippen LogP contribution in [0.4, 0.5) is 0 Å². The highest BCUT2D eigenvalue weighted by atomic mass is 16.5. The van der Waals surface area contributed by atoms with Gasteiger partial charge in [0, 0.05) is 38.0 Å². The molecule has 2 aliphatic rings. The average Bonchev–Trinajstić information content (AvgIpc) is 3.28. The van der Waals surface area contributed by atoms with Gasteiger partial charge in [0.15, 0.2) is 0 Å². The SMILES string of the molecule is c1ccc(CCN2CCCC(C(OC(c3ccccc3)(c3ccccc3)C3CCCN(CCc4ccccc4)C3)(c3ccccc3)c3ccccc3)C2)cc1. The number of nitrogens with zero attached hydrogens (tertiary/aromatic N) is 2. The molecule has 0 spiro atoms. The van der Waals surface area contributed by atoms with E-state index in [0.29, 0.717) is 0 Å². The Balaban J connectivity index is 1.27. The monoisotopic (exact) mass is 724 g/mol. The quantitative estimate of drug-likeness (QED) is 0.111. The van der Waals surface area contributed by atoms with E-state index in [-0.39, 0.29) is 11.8 Å². The van der Waals surface area contributed by atoms with Gasteiger partial charge < -0.3 is 14.5 Å². The van der Waals surface area contributed by atoms with Crippen molar-refractivity contribution in [1.82, 2.24) is 9.80 Å². The largest absolute Gasteiger partial charge is 0.349 e. The summed E-state index contributed by atoms with van der Waals surface area (Å²) >= 11 is 0. The van der Waals surface area contributed by atoms with E-state index in [2.05, 4.69) is 192 Å². The molecule has 2 fully saturated rings. The van der Waals surface area contributed by atoms with Crippen LogP contribution in [0.25, 0.3) is 0 Å². The molecule has 2 saturated heterocycles. The van der Waals surface area contributed by atoms with Gasteiger partial charge in [-0.25, -0.2) is 0 Å². The Hall–Kier alpha value is -4.80. The first-order chi connectivity index (χ1) is 27.2. The van der Waals surface area contributed by atoms with Crippen molar-refractivity contribution in [2.24, 2.45) is 11.8 Å². The maximum Gasteiger partial charge on any atom is 0.124 e. The summed E-state index contributed by atoms with van der Waals surface area (Å²) in [4.78, 5) is 5.42. The zero-order valence-electron chi connectivity index (χ0n) is 32.3. The summed E-state index contributed by atoms with van der Waals surface area (Å²) < 4.78 is 8.62. The Morgan fingerprint density at radius 3 is 1.00 bits per heavy atom. The fourth-order valence-corrected chi connectivity index (χ4v) is 9.72. The maximum atomic E-state index is 8.62. The van der Waals surface area contributed by atoms with Gasteiger partial charge in [-0.3, -0.25) is 0 Å². The molecule has 6 aromatic rings. The molecule has 55 heavy (non-hydrogen) atoms. The first kappa shape index (κ1) is 37.1. The molecular formula is C52H56N2O. The molecule has 0 N–H and O–H groups in total. The van der Waals surface area contributed by atoms with Gasteiger partial charge in [0.2, 0.25) is 0 Å². The Kier molecular flexibility index (Phi) is 12.0. The summed E-state index contributed by atoms with van der Waals surface area (Å²) in [6.45, 7) is 6.27. The fraction of sp³-hybridized carbons (Fsp3) is 0.308. The second-order valence-corrected chi connectivity index (χ2v) is 15.8. The third-order valence-electron chi connectivity index (χ3n) is 12.4. The third-order valence-corrected chi connectivity index (χ3v) is 12.4. The zero-order chi connectivity index (χ0) is 37.2. The molecule has 6 aromatic carbocycles. The standard InChI is InChI=1S/C52H56N2O/c1-7-21-43(22-8-1)35-39-53-37-19-33-49(41-53)51(45-25-11-3-12-26-45,46-27-13-4-14-28-46)55-52(47-29-15-5-16-30-47,48-31-17-6-18-32-48)50-34-20-38-54(42-50)40-36-44-23-9-2-10-24-44/h1-18,21-32,49-50H,19-20,33-42H2. The molecule has 280 valence electrons. The molecule has 0 bridgehead atoms. The lowest BCUT2D eigenvalue weighted by Crippen LogP contribution is -2.56. The minimum Gasteiger partial charge on any atom is -0.349 e. The molecule has 2 atom stereocenters. The number of hydrogen-bond donors (Lipinski definition) is 0. The van der Waals surface area contributed by atoms with Gasteiger partial charge >= 0.3 is 0 Å².